The average Bonchev–Trinajstić information content (AvgIpc) is 2.72. The van der Waals surface area contributed by atoms with Crippen molar-refractivity contribution in [3.8, 4) is 11.5 Å². The molecule has 27 heavy (non-hydrogen) atoms. The minimum atomic E-state index is 0.655. The topological polar surface area (TPSA) is 50.7 Å². The molecule has 0 radical (unpaired) electrons. The van der Waals surface area contributed by atoms with Crippen LogP contribution in [0.25, 0.3) is 10.9 Å². The normalized spacial score (nSPS) is 14.5. The van der Waals surface area contributed by atoms with Crippen LogP contribution in [0.2, 0.25) is 5.02 Å². The van der Waals surface area contributed by atoms with Gasteiger partial charge >= 0.3 is 0 Å². The van der Waals surface area contributed by atoms with Crippen LogP contribution >= 0.6 is 11.6 Å². The van der Waals surface area contributed by atoms with Gasteiger partial charge in [-0.3, -0.25) is 0 Å². The van der Waals surface area contributed by atoms with Crippen molar-refractivity contribution in [1.29, 1.82) is 0 Å². The van der Waals surface area contributed by atoms with E-state index in [4.69, 9.17) is 21.1 Å². The van der Waals surface area contributed by atoms with Crippen molar-refractivity contribution in [2.45, 2.75) is 0 Å². The third-order valence-electron chi connectivity index (χ3n) is 4.92. The van der Waals surface area contributed by atoms with E-state index in [1.165, 1.54) is 0 Å². The maximum atomic E-state index is 6.13. The molecule has 6 nitrogen and oxygen atoms in total. The minimum absolute atomic E-state index is 0.655. The lowest BCUT2D eigenvalue weighted by Crippen LogP contribution is -2.46. The van der Waals surface area contributed by atoms with Crippen molar-refractivity contribution in [3.63, 3.8) is 0 Å². The van der Waals surface area contributed by atoms with E-state index in [1.807, 2.05) is 36.5 Å². The molecule has 7 heteroatoms. The van der Waals surface area contributed by atoms with E-state index in [1.54, 1.807) is 14.2 Å². The first kappa shape index (κ1) is 17.7. The van der Waals surface area contributed by atoms with Crippen molar-refractivity contribution >= 4 is 33.9 Å². The van der Waals surface area contributed by atoms with Crippen LogP contribution in [-0.2, 0) is 0 Å². The fraction of sp³-hybridized carbons (Fsp3) is 0.300. The molecule has 0 spiro atoms. The molecule has 0 amide bonds. The van der Waals surface area contributed by atoms with Crippen molar-refractivity contribution in [3.05, 3.63) is 47.6 Å². The van der Waals surface area contributed by atoms with Crippen LogP contribution in [0.15, 0.2) is 42.6 Å². The van der Waals surface area contributed by atoms with Gasteiger partial charge in [-0.05, 0) is 24.3 Å². The highest BCUT2D eigenvalue weighted by molar-refractivity contribution is 6.30. The van der Waals surface area contributed by atoms with Gasteiger partial charge in [-0.1, -0.05) is 17.7 Å². The molecule has 0 atom stereocenters. The number of rotatable bonds is 4. The van der Waals surface area contributed by atoms with Gasteiger partial charge in [0.2, 0.25) is 0 Å². The zero-order chi connectivity index (χ0) is 18.8. The highest BCUT2D eigenvalue weighted by Gasteiger charge is 2.21. The number of nitrogens with zero attached hydrogens (tertiary/aromatic N) is 4. The number of ether oxygens (including phenoxy) is 2. The Hall–Kier alpha value is -2.73. The molecular formula is C20H21ClN4O2. The van der Waals surface area contributed by atoms with E-state index in [9.17, 15) is 0 Å². The molecule has 1 aliphatic rings. The van der Waals surface area contributed by atoms with Gasteiger partial charge in [0, 0.05) is 48.3 Å². The lowest BCUT2D eigenvalue weighted by atomic mass is 10.1. The Labute approximate surface area is 163 Å². The van der Waals surface area contributed by atoms with Crippen LogP contribution in [0.1, 0.15) is 0 Å². The summed E-state index contributed by atoms with van der Waals surface area (Å²) in [5, 5.41) is 10.2. The number of aromatic nitrogens is 2. The van der Waals surface area contributed by atoms with E-state index in [-0.39, 0.29) is 0 Å². The van der Waals surface area contributed by atoms with E-state index < -0.39 is 0 Å². The van der Waals surface area contributed by atoms with Crippen LogP contribution in [0.5, 0.6) is 11.5 Å². The molecule has 0 saturated carbocycles. The Balaban J connectivity index is 1.60. The predicted molar refractivity (Wildman–Crippen MR) is 109 cm³/mol. The summed E-state index contributed by atoms with van der Waals surface area (Å²) in [6.07, 6.45) is 1.82. The lowest BCUT2D eigenvalue weighted by Gasteiger charge is -2.37. The third kappa shape index (κ3) is 3.45. The molecule has 4 rings (SSSR count). The predicted octanol–water partition coefficient (Wildman–Crippen LogP) is 3.63. The highest BCUT2D eigenvalue weighted by Crippen LogP contribution is 2.35. The summed E-state index contributed by atoms with van der Waals surface area (Å²) >= 11 is 6.13. The van der Waals surface area contributed by atoms with E-state index in [0.29, 0.717) is 11.5 Å². The van der Waals surface area contributed by atoms with E-state index >= 15 is 0 Å². The van der Waals surface area contributed by atoms with Crippen molar-refractivity contribution in [2.24, 2.45) is 0 Å². The Morgan fingerprint density at radius 3 is 2.33 bits per heavy atom. The Morgan fingerprint density at radius 2 is 1.63 bits per heavy atom. The number of methoxy groups -OCH3 is 2. The van der Waals surface area contributed by atoms with Gasteiger partial charge in [-0.2, -0.15) is 10.2 Å². The van der Waals surface area contributed by atoms with Gasteiger partial charge < -0.3 is 19.3 Å². The minimum Gasteiger partial charge on any atom is -0.493 e. The molecule has 0 N–H and O–H groups in total. The van der Waals surface area contributed by atoms with Crippen LogP contribution in [-0.4, -0.2) is 50.6 Å². The van der Waals surface area contributed by atoms with Crippen LogP contribution in [0, 0.1) is 0 Å². The summed E-state index contributed by atoms with van der Waals surface area (Å²) in [6, 6.07) is 11.8. The van der Waals surface area contributed by atoms with Crippen LogP contribution in [0.3, 0.4) is 0 Å². The first-order chi connectivity index (χ1) is 13.2. The first-order valence-electron chi connectivity index (χ1n) is 8.82. The highest BCUT2D eigenvalue weighted by atomic mass is 35.5. The molecule has 2 heterocycles. The fourth-order valence-corrected chi connectivity index (χ4v) is 3.69. The molecule has 2 aromatic carbocycles. The van der Waals surface area contributed by atoms with Gasteiger partial charge in [0.25, 0.3) is 0 Å². The molecule has 0 bridgehead atoms. The summed E-state index contributed by atoms with van der Waals surface area (Å²) in [5.41, 5.74) is 3.01. The second kappa shape index (κ2) is 7.48. The van der Waals surface area contributed by atoms with Crippen LogP contribution < -0.4 is 19.3 Å². The number of halogens is 1. The molecule has 0 aliphatic carbocycles. The Morgan fingerprint density at radius 1 is 0.926 bits per heavy atom. The number of piperazine rings is 1. The first-order valence-corrected chi connectivity index (χ1v) is 9.20. The Bertz CT molecular complexity index is 958. The third-order valence-corrected chi connectivity index (χ3v) is 5.15. The zero-order valence-electron chi connectivity index (χ0n) is 15.4. The zero-order valence-corrected chi connectivity index (χ0v) is 16.1. The summed E-state index contributed by atoms with van der Waals surface area (Å²) in [7, 11) is 3.26. The van der Waals surface area contributed by atoms with Gasteiger partial charge in [-0.25, -0.2) is 0 Å². The van der Waals surface area contributed by atoms with E-state index in [0.717, 1.165) is 53.5 Å². The summed E-state index contributed by atoms with van der Waals surface area (Å²) in [6.45, 7) is 3.61. The average molecular weight is 385 g/mol. The smallest absolute Gasteiger partial charge is 0.162 e. The second-order valence-corrected chi connectivity index (χ2v) is 6.84. The largest absolute Gasteiger partial charge is 0.493 e. The molecule has 1 aromatic heterocycles. The number of hydrogen-bond acceptors (Lipinski definition) is 6. The lowest BCUT2D eigenvalue weighted by molar-refractivity contribution is 0.355. The number of fused-ring (bicyclic) bond motifs is 1. The SMILES string of the molecule is COc1cc2nncc(N3CCN(c4cccc(Cl)c4)CC3)c2cc1OC. The van der Waals surface area contributed by atoms with Crippen molar-refractivity contribution in [2.75, 3.05) is 50.2 Å². The number of hydrogen-bond donors (Lipinski definition) is 0. The Kier molecular flexibility index (Phi) is 4.90. The molecule has 1 fully saturated rings. The second-order valence-electron chi connectivity index (χ2n) is 6.41. The molecule has 1 saturated heterocycles. The maximum Gasteiger partial charge on any atom is 0.162 e. The quantitative estimate of drug-likeness (QED) is 0.684. The van der Waals surface area contributed by atoms with Crippen molar-refractivity contribution in [1.82, 2.24) is 10.2 Å². The number of benzene rings is 2. The molecule has 3 aromatic rings. The maximum absolute atomic E-state index is 6.13. The standard InChI is InChI=1S/C20H21ClN4O2/c1-26-19-11-16-17(12-20(19)27-2)23-22-13-18(16)25-8-6-24(7-9-25)15-5-3-4-14(21)10-15/h3-5,10-13H,6-9H2,1-2H3. The molecule has 0 unspecified atom stereocenters. The molecule has 140 valence electrons. The summed E-state index contributed by atoms with van der Waals surface area (Å²) in [4.78, 5) is 4.69. The fourth-order valence-electron chi connectivity index (χ4n) is 3.50. The molecule has 1 aliphatic heterocycles. The summed E-state index contributed by atoms with van der Waals surface area (Å²) < 4.78 is 10.8. The van der Waals surface area contributed by atoms with Gasteiger partial charge in [0.15, 0.2) is 11.5 Å². The van der Waals surface area contributed by atoms with Crippen LogP contribution in [0.4, 0.5) is 11.4 Å². The molecular weight excluding hydrogens is 364 g/mol. The number of anilines is 2. The monoisotopic (exact) mass is 384 g/mol. The van der Waals surface area contributed by atoms with E-state index in [2.05, 4.69) is 26.1 Å². The van der Waals surface area contributed by atoms with Crippen molar-refractivity contribution < 1.29 is 9.47 Å². The van der Waals surface area contributed by atoms with Gasteiger partial charge in [0.1, 0.15) is 0 Å². The van der Waals surface area contributed by atoms with Gasteiger partial charge in [0.05, 0.1) is 31.6 Å². The van der Waals surface area contributed by atoms with Gasteiger partial charge in [-0.15, -0.1) is 0 Å². The summed E-state index contributed by atoms with van der Waals surface area (Å²) in [5.74, 6) is 1.35.